The highest BCUT2D eigenvalue weighted by atomic mass is 32.2. The number of hydrogen-bond acceptors (Lipinski definition) is 6. The fraction of sp³-hybridized carbons (Fsp3) is 0.300. The number of aryl methyl sites for hydroxylation is 1. The van der Waals surface area contributed by atoms with Crippen LogP contribution in [0.4, 0.5) is 5.69 Å². The summed E-state index contributed by atoms with van der Waals surface area (Å²) in [6, 6.07) is 18.1. The molecule has 8 heteroatoms. The minimum atomic E-state index is -2.93. The van der Waals surface area contributed by atoms with Gasteiger partial charge in [-0.2, -0.15) is 0 Å². The van der Waals surface area contributed by atoms with Crippen molar-refractivity contribution in [2.24, 2.45) is 0 Å². The second-order valence-corrected chi connectivity index (χ2v) is 10.4. The van der Waals surface area contributed by atoms with E-state index in [1.807, 2.05) is 60.0 Å². The van der Waals surface area contributed by atoms with Crippen LogP contribution in [0.3, 0.4) is 0 Å². The minimum absolute atomic E-state index is 0.0210. The van der Waals surface area contributed by atoms with Crippen LogP contribution in [-0.4, -0.2) is 39.9 Å². The lowest BCUT2D eigenvalue weighted by Crippen LogP contribution is -2.11. The molecule has 0 aliphatic carbocycles. The molecule has 0 radical (unpaired) electrons. The third-order valence-corrected chi connectivity index (χ3v) is 7.84. The summed E-state index contributed by atoms with van der Waals surface area (Å²) < 4.78 is 25.7. The highest BCUT2D eigenvalue weighted by Gasteiger charge is 2.30. The van der Waals surface area contributed by atoms with E-state index in [1.165, 1.54) is 11.8 Å². The summed E-state index contributed by atoms with van der Waals surface area (Å²) in [6.07, 6.45) is 0.658. The Morgan fingerprint density at radius 2 is 1.96 bits per heavy atom. The third kappa shape index (κ3) is 4.39. The first-order valence-electron chi connectivity index (χ1n) is 9.17. The number of benzene rings is 2. The van der Waals surface area contributed by atoms with Gasteiger partial charge in [0.15, 0.2) is 20.8 Å². The molecule has 3 aromatic rings. The summed E-state index contributed by atoms with van der Waals surface area (Å²) in [5.74, 6) is 1.25. The Labute approximate surface area is 169 Å². The van der Waals surface area contributed by atoms with Gasteiger partial charge in [0.1, 0.15) is 0 Å². The Kier molecular flexibility index (Phi) is 5.41. The summed E-state index contributed by atoms with van der Waals surface area (Å²) in [7, 11) is -2.93. The van der Waals surface area contributed by atoms with E-state index in [1.54, 1.807) is 0 Å². The van der Waals surface area contributed by atoms with Gasteiger partial charge in [-0.25, -0.2) is 8.42 Å². The van der Waals surface area contributed by atoms with Crippen LogP contribution >= 0.6 is 11.8 Å². The smallest absolute Gasteiger partial charge is 0.196 e. The Bertz CT molecular complexity index is 1060. The van der Waals surface area contributed by atoms with E-state index in [2.05, 4.69) is 21.6 Å². The van der Waals surface area contributed by atoms with E-state index in [0.717, 1.165) is 27.9 Å². The Morgan fingerprint density at radius 3 is 2.68 bits per heavy atom. The van der Waals surface area contributed by atoms with Crippen molar-refractivity contribution in [2.75, 3.05) is 16.8 Å². The van der Waals surface area contributed by atoms with Crippen molar-refractivity contribution in [3.05, 3.63) is 66.0 Å². The molecule has 1 aromatic heterocycles. The summed E-state index contributed by atoms with van der Waals surface area (Å²) in [5, 5.41) is 12.9. The van der Waals surface area contributed by atoms with Gasteiger partial charge in [-0.3, -0.25) is 4.57 Å². The molecular formula is C20H22N4O2S2. The SMILES string of the molecule is Cc1cccc(-n2c(CNc3ccccc3)nnc2SC2CCS(=O)(=O)C2)c1. The van der Waals surface area contributed by atoms with E-state index in [9.17, 15) is 8.42 Å². The molecule has 0 bridgehead atoms. The third-order valence-electron chi connectivity index (χ3n) is 4.65. The number of para-hydroxylation sites is 1. The fourth-order valence-electron chi connectivity index (χ4n) is 3.26. The van der Waals surface area contributed by atoms with Gasteiger partial charge in [0.25, 0.3) is 0 Å². The maximum Gasteiger partial charge on any atom is 0.196 e. The molecule has 1 unspecified atom stereocenters. The van der Waals surface area contributed by atoms with E-state index in [0.29, 0.717) is 13.0 Å². The molecule has 1 N–H and O–H groups in total. The molecular weight excluding hydrogens is 392 g/mol. The van der Waals surface area contributed by atoms with Crippen molar-refractivity contribution in [2.45, 2.75) is 30.3 Å². The first-order valence-corrected chi connectivity index (χ1v) is 11.9. The quantitative estimate of drug-likeness (QED) is 0.666. The van der Waals surface area contributed by atoms with Crippen LogP contribution < -0.4 is 5.32 Å². The van der Waals surface area contributed by atoms with Crippen LogP contribution in [-0.2, 0) is 16.4 Å². The topological polar surface area (TPSA) is 76.9 Å². The Hall–Kier alpha value is -2.32. The average molecular weight is 415 g/mol. The van der Waals surface area contributed by atoms with E-state index in [-0.39, 0.29) is 16.8 Å². The summed E-state index contributed by atoms with van der Waals surface area (Å²) in [5.41, 5.74) is 3.14. The molecule has 2 aromatic carbocycles. The number of thioether (sulfide) groups is 1. The van der Waals surface area contributed by atoms with Crippen molar-refractivity contribution in [3.8, 4) is 5.69 Å². The molecule has 0 saturated carbocycles. The lowest BCUT2D eigenvalue weighted by atomic mass is 10.2. The van der Waals surface area contributed by atoms with E-state index >= 15 is 0 Å². The zero-order valence-electron chi connectivity index (χ0n) is 15.6. The van der Waals surface area contributed by atoms with Gasteiger partial charge >= 0.3 is 0 Å². The van der Waals surface area contributed by atoms with Gasteiger partial charge in [0, 0.05) is 16.6 Å². The van der Waals surface area contributed by atoms with E-state index < -0.39 is 9.84 Å². The lowest BCUT2D eigenvalue weighted by Gasteiger charge is -2.13. The number of sulfone groups is 1. The molecule has 0 spiro atoms. The Morgan fingerprint density at radius 1 is 1.14 bits per heavy atom. The number of hydrogen-bond donors (Lipinski definition) is 1. The van der Waals surface area contributed by atoms with Gasteiger partial charge < -0.3 is 5.32 Å². The largest absolute Gasteiger partial charge is 0.378 e. The molecule has 2 heterocycles. The van der Waals surface area contributed by atoms with E-state index in [4.69, 9.17) is 0 Å². The molecule has 146 valence electrons. The molecule has 1 aliphatic heterocycles. The normalized spacial score (nSPS) is 18.2. The standard InChI is InChI=1S/C20H22N4O2S2/c1-15-6-5-9-17(12-15)24-19(13-21-16-7-3-2-4-8-16)22-23-20(24)27-18-10-11-28(25,26)14-18/h2-9,12,18,21H,10-11,13-14H2,1H3. The highest BCUT2D eigenvalue weighted by molar-refractivity contribution is 8.01. The zero-order chi connectivity index (χ0) is 19.6. The van der Waals surface area contributed by atoms with Crippen molar-refractivity contribution in [3.63, 3.8) is 0 Å². The molecule has 1 aliphatic rings. The van der Waals surface area contributed by atoms with Crippen LogP contribution in [0.2, 0.25) is 0 Å². The monoisotopic (exact) mass is 414 g/mol. The highest BCUT2D eigenvalue weighted by Crippen LogP contribution is 2.32. The van der Waals surface area contributed by atoms with Gasteiger partial charge in [-0.1, -0.05) is 42.1 Å². The zero-order valence-corrected chi connectivity index (χ0v) is 17.2. The Balaban J connectivity index is 1.63. The predicted octanol–water partition coefficient (Wildman–Crippen LogP) is 3.47. The fourth-order valence-corrected chi connectivity index (χ4v) is 6.78. The van der Waals surface area contributed by atoms with Gasteiger partial charge in [-0.15, -0.1) is 10.2 Å². The average Bonchev–Trinajstić information content (AvgIpc) is 3.23. The second kappa shape index (κ2) is 7.97. The minimum Gasteiger partial charge on any atom is -0.378 e. The molecule has 0 amide bonds. The van der Waals surface area contributed by atoms with Crippen LogP contribution in [0.1, 0.15) is 17.8 Å². The number of aromatic nitrogens is 3. The molecule has 4 rings (SSSR count). The van der Waals surface area contributed by atoms with Gasteiger partial charge in [0.2, 0.25) is 0 Å². The van der Waals surface area contributed by atoms with Crippen LogP contribution in [0, 0.1) is 6.92 Å². The molecule has 1 atom stereocenters. The maximum atomic E-state index is 11.8. The number of nitrogens with one attached hydrogen (secondary N) is 1. The number of nitrogens with zero attached hydrogens (tertiary/aromatic N) is 3. The first kappa shape index (κ1) is 19.0. The molecule has 28 heavy (non-hydrogen) atoms. The van der Waals surface area contributed by atoms with Gasteiger partial charge in [-0.05, 0) is 43.2 Å². The molecule has 1 saturated heterocycles. The van der Waals surface area contributed by atoms with Crippen molar-refractivity contribution in [1.29, 1.82) is 0 Å². The van der Waals surface area contributed by atoms with Crippen molar-refractivity contribution < 1.29 is 8.42 Å². The predicted molar refractivity (Wildman–Crippen MR) is 113 cm³/mol. The van der Waals surface area contributed by atoms with Crippen molar-refractivity contribution >= 4 is 27.3 Å². The van der Waals surface area contributed by atoms with Crippen molar-refractivity contribution in [1.82, 2.24) is 14.8 Å². The first-order chi connectivity index (χ1) is 13.5. The second-order valence-electron chi connectivity index (χ2n) is 6.94. The van der Waals surface area contributed by atoms with Crippen LogP contribution in [0.5, 0.6) is 0 Å². The summed E-state index contributed by atoms with van der Waals surface area (Å²) >= 11 is 1.51. The van der Waals surface area contributed by atoms with Crippen LogP contribution in [0.25, 0.3) is 5.69 Å². The van der Waals surface area contributed by atoms with Crippen LogP contribution in [0.15, 0.2) is 59.8 Å². The number of rotatable bonds is 6. The van der Waals surface area contributed by atoms with Gasteiger partial charge in [0.05, 0.1) is 18.1 Å². The molecule has 1 fully saturated rings. The summed E-state index contributed by atoms with van der Waals surface area (Å²) in [4.78, 5) is 0. The maximum absolute atomic E-state index is 11.8. The lowest BCUT2D eigenvalue weighted by molar-refractivity contribution is 0.602. The summed E-state index contributed by atoms with van der Waals surface area (Å²) in [6.45, 7) is 2.57. The molecule has 6 nitrogen and oxygen atoms in total. The number of anilines is 1.